The predicted octanol–water partition coefficient (Wildman–Crippen LogP) is 3.32. The molecule has 2 aromatic rings. The van der Waals surface area contributed by atoms with Crippen molar-refractivity contribution in [2.24, 2.45) is 0 Å². The second kappa shape index (κ2) is 4.72. The lowest BCUT2D eigenvalue weighted by Crippen LogP contribution is -1.92. The lowest BCUT2D eigenvalue weighted by molar-refractivity contribution is 0.408. The SMILES string of the molecule is CNc1nc(C)c(-c2cc(C)c(OC)c(C)c2)o1. The molecule has 96 valence electrons. The van der Waals surface area contributed by atoms with Crippen LogP contribution in [0.15, 0.2) is 16.5 Å². The first-order chi connectivity index (χ1) is 8.56. The molecular weight excluding hydrogens is 228 g/mol. The van der Waals surface area contributed by atoms with E-state index in [0.29, 0.717) is 6.01 Å². The number of aromatic nitrogens is 1. The minimum Gasteiger partial charge on any atom is -0.496 e. The zero-order valence-corrected chi connectivity index (χ0v) is 11.4. The summed E-state index contributed by atoms with van der Waals surface area (Å²) in [5, 5.41) is 2.91. The van der Waals surface area contributed by atoms with Crippen molar-refractivity contribution in [3.8, 4) is 17.1 Å². The predicted molar refractivity (Wildman–Crippen MR) is 72.2 cm³/mol. The molecule has 1 aromatic heterocycles. The highest BCUT2D eigenvalue weighted by Gasteiger charge is 2.13. The molecule has 0 bridgehead atoms. The second-order valence-electron chi connectivity index (χ2n) is 4.33. The largest absolute Gasteiger partial charge is 0.496 e. The van der Waals surface area contributed by atoms with E-state index in [0.717, 1.165) is 33.9 Å². The molecule has 0 radical (unpaired) electrons. The van der Waals surface area contributed by atoms with E-state index < -0.39 is 0 Å². The van der Waals surface area contributed by atoms with Crippen molar-refractivity contribution < 1.29 is 9.15 Å². The van der Waals surface area contributed by atoms with Crippen LogP contribution in [-0.4, -0.2) is 19.1 Å². The number of ether oxygens (including phenoxy) is 1. The van der Waals surface area contributed by atoms with Gasteiger partial charge in [-0.2, -0.15) is 4.98 Å². The number of nitrogens with one attached hydrogen (secondary N) is 1. The van der Waals surface area contributed by atoms with Gasteiger partial charge in [-0.15, -0.1) is 0 Å². The summed E-state index contributed by atoms with van der Waals surface area (Å²) in [5.41, 5.74) is 4.09. The van der Waals surface area contributed by atoms with Gasteiger partial charge in [0.2, 0.25) is 0 Å². The van der Waals surface area contributed by atoms with Crippen molar-refractivity contribution in [2.45, 2.75) is 20.8 Å². The smallest absolute Gasteiger partial charge is 0.295 e. The van der Waals surface area contributed by atoms with Crippen molar-refractivity contribution in [3.05, 3.63) is 29.0 Å². The van der Waals surface area contributed by atoms with Crippen LogP contribution >= 0.6 is 0 Å². The van der Waals surface area contributed by atoms with E-state index in [1.165, 1.54) is 0 Å². The number of benzene rings is 1. The minimum atomic E-state index is 0.536. The molecule has 0 spiro atoms. The quantitative estimate of drug-likeness (QED) is 0.902. The first kappa shape index (κ1) is 12.5. The molecule has 0 aliphatic rings. The number of rotatable bonds is 3. The minimum absolute atomic E-state index is 0.536. The van der Waals surface area contributed by atoms with Gasteiger partial charge in [0.1, 0.15) is 5.75 Å². The van der Waals surface area contributed by atoms with Gasteiger partial charge in [-0.25, -0.2) is 0 Å². The molecule has 0 fully saturated rings. The Bertz CT molecular complexity index is 550. The van der Waals surface area contributed by atoms with Crippen LogP contribution in [0.1, 0.15) is 16.8 Å². The Morgan fingerprint density at radius 1 is 1.17 bits per heavy atom. The molecule has 0 saturated carbocycles. The average Bonchev–Trinajstić information content (AvgIpc) is 2.70. The van der Waals surface area contributed by atoms with Crippen LogP contribution in [0.5, 0.6) is 5.75 Å². The molecule has 0 unspecified atom stereocenters. The third-order valence-corrected chi connectivity index (χ3v) is 2.94. The molecular formula is C14H18N2O2. The van der Waals surface area contributed by atoms with Gasteiger partial charge >= 0.3 is 0 Å². The number of hydrogen-bond acceptors (Lipinski definition) is 4. The van der Waals surface area contributed by atoms with E-state index >= 15 is 0 Å². The highest BCUT2D eigenvalue weighted by Crippen LogP contribution is 2.32. The number of anilines is 1. The third kappa shape index (κ3) is 2.06. The molecule has 4 heteroatoms. The summed E-state index contributed by atoms with van der Waals surface area (Å²) in [6, 6.07) is 4.64. The number of aryl methyl sites for hydroxylation is 3. The highest BCUT2D eigenvalue weighted by atomic mass is 16.5. The number of hydrogen-bond donors (Lipinski definition) is 1. The van der Waals surface area contributed by atoms with Crippen molar-refractivity contribution in [2.75, 3.05) is 19.5 Å². The molecule has 0 atom stereocenters. The molecule has 2 rings (SSSR count). The molecule has 0 saturated heterocycles. The van der Waals surface area contributed by atoms with Gasteiger partial charge in [-0.05, 0) is 44.0 Å². The van der Waals surface area contributed by atoms with Gasteiger partial charge < -0.3 is 14.5 Å². The van der Waals surface area contributed by atoms with Gasteiger partial charge in [-0.1, -0.05) is 0 Å². The maximum absolute atomic E-state index is 5.67. The summed E-state index contributed by atoms with van der Waals surface area (Å²) in [6.45, 7) is 5.99. The Balaban J connectivity index is 2.54. The van der Waals surface area contributed by atoms with Crippen LogP contribution in [0, 0.1) is 20.8 Å². The standard InChI is InChI=1S/C14H18N2O2/c1-8-6-11(7-9(2)12(8)17-5)13-10(3)16-14(15-4)18-13/h6-7H,1-5H3,(H,15,16). The van der Waals surface area contributed by atoms with Gasteiger partial charge in [0.25, 0.3) is 6.01 Å². The zero-order valence-electron chi connectivity index (χ0n) is 11.4. The van der Waals surface area contributed by atoms with Crippen LogP contribution < -0.4 is 10.1 Å². The third-order valence-electron chi connectivity index (χ3n) is 2.94. The first-order valence-electron chi connectivity index (χ1n) is 5.87. The molecule has 4 nitrogen and oxygen atoms in total. The van der Waals surface area contributed by atoms with Gasteiger partial charge in [0.05, 0.1) is 12.8 Å². The van der Waals surface area contributed by atoms with Gasteiger partial charge in [0, 0.05) is 12.6 Å². The lowest BCUT2D eigenvalue weighted by Gasteiger charge is -2.10. The molecule has 1 N–H and O–H groups in total. The Hall–Kier alpha value is -1.97. The maximum Gasteiger partial charge on any atom is 0.295 e. The van der Waals surface area contributed by atoms with E-state index in [-0.39, 0.29) is 0 Å². The summed E-state index contributed by atoms with van der Waals surface area (Å²) in [6.07, 6.45) is 0. The molecule has 18 heavy (non-hydrogen) atoms. The summed E-state index contributed by atoms with van der Waals surface area (Å²) >= 11 is 0. The van der Waals surface area contributed by atoms with Crippen LogP contribution in [0.2, 0.25) is 0 Å². The Labute approximate surface area is 107 Å². The van der Waals surface area contributed by atoms with Crippen LogP contribution in [-0.2, 0) is 0 Å². The van der Waals surface area contributed by atoms with E-state index in [1.54, 1.807) is 14.2 Å². The Kier molecular flexibility index (Phi) is 3.28. The monoisotopic (exact) mass is 246 g/mol. The zero-order chi connectivity index (χ0) is 13.3. The number of oxazole rings is 1. The molecule has 1 aromatic carbocycles. The Morgan fingerprint density at radius 2 is 1.78 bits per heavy atom. The molecule has 0 amide bonds. The molecule has 1 heterocycles. The number of nitrogens with zero attached hydrogens (tertiary/aromatic N) is 1. The van der Waals surface area contributed by atoms with Crippen LogP contribution in [0.25, 0.3) is 11.3 Å². The fourth-order valence-electron chi connectivity index (χ4n) is 2.17. The average molecular weight is 246 g/mol. The second-order valence-corrected chi connectivity index (χ2v) is 4.33. The van der Waals surface area contributed by atoms with E-state index in [1.807, 2.05) is 20.8 Å². The summed E-state index contributed by atoms with van der Waals surface area (Å²) < 4.78 is 11.0. The van der Waals surface area contributed by atoms with Crippen molar-refractivity contribution in [3.63, 3.8) is 0 Å². The van der Waals surface area contributed by atoms with Crippen molar-refractivity contribution in [1.82, 2.24) is 4.98 Å². The van der Waals surface area contributed by atoms with Crippen molar-refractivity contribution in [1.29, 1.82) is 0 Å². The van der Waals surface area contributed by atoms with Crippen molar-refractivity contribution >= 4 is 6.01 Å². The lowest BCUT2D eigenvalue weighted by atomic mass is 10.0. The van der Waals surface area contributed by atoms with Gasteiger partial charge in [-0.3, -0.25) is 0 Å². The molecule has 0 aliphatic carbocycles. The normalized spacial score (nSPS) is 10.5. The fourth-order valence-corrected chi connectivity index (χ4v) is 2.17. The number of methoxy groups -OCH3 is 1. The maximum atomic E-state index is 5.67. The first-order valence-corrected chi connectivity index (χ1v) is 5.87. The summed E-state index contributed by atoms with van der Waals surface area (Å²) in [7, 11) is 3.48. The summed E-state index contributed by atoms with van der Waals surface area (Å²) in [4.78, 5) is 4.30. The highest BCUT2D eigenvalue weighted by molar-refractivity contribution is 5.65. The molecule has 0 aliphatic heterocycles. The van der Waals surface area contributed by atoms with Crippen LogP contribution in [0.3, 0.4) is 0 Å². The van der Waals surface area contributed by atoms with E-state index in [2.05, 4.69) is 22.4 Å². The van der Waals surface area contributed by atoms with Crippen LogP contribution in [0.4, 0.5) is 6.01 Å². The Morgan fingerprint density at radius 3 is 2.22 bits per heavy atom. The topological polar surface area (TPSA) is 47.3 Å². The van der Waals surface area contributed by atoms with E-state index in [4.69, 9.17) is 9.15 Å². The summed E-state index contributed by atoms with van der Waals surface area (Å²) in [5.74, 6) is 1.72. The fraction of sp³-hybridized carbons (Fsp3) is 0.357. The van der Waals surface area contributed by atoms with E-state index in [9.17, 15) is 0 Å². The van der Waals surface area contributed by atoms with Gasteiger partial charge in [0.15, 0.2) is 5.76 Å².